The lowest BCUT2D eigenvalue weighted by Crippen LogP contribution is -2.25. The van der Waals surface area contributed by atoms with Crippen LogP contribution in [-0.2, 0) is 16.4 Å². The summed E-state index contributed by atoms with van der Waals surface area (Å²) in [4.78, 5) is 1.75. The maximum Gasteiger partial charge on any atom is 0.150 e. The molecule has 1 rings (SSSR count). The van der Waals surface area contributed by atoms with Crippen molar-refractivity contribution in [2.24, 2.45) is 0 Å². The molecule has 0 amide bonds. The molecule has 6 heteroatoms. The highest BCUT2D eigenvalue weighted by atomic mass is 32.2. The summed E-state index contributed by atoms with van der Waals surface area (Å²) >= 11 is 0. The molecule has 0 unspecified atom stereocenters. The second-order valence-corrected chi connectivity index (χ2v) is 6.45. The summed E-state index contributed by atoms with van der Waals surface area (Å²) in [6.07, 6.45) is 1.18. The fraction of sp³-hybridized carbons (Fsp3) is 0.455. The summed E-state index contributed by atoms with van der Waals surface area (Å²) in [6, 6.07) is 4.82. The zero-order chi connectivity index (χ0) is 13.1. The first-order chi connectivity index (χ1) is 7.79. The number of nitrogens with zero attached hydrogens (tertiary/aromatic N) is 1. The second kappa shape index (κ2) is 5.46. The highest BCUT2D eigenvalue weighted by molar-refractivity contribution is 7.90. The molecule has 0 aliphatic carbocycles. The normalized spacial score (nSPS) is 12.0. The second-order valence-electron chi connectivity index (χ2n) is 4.19. The van der Waals surface area contributed by atoms with Gasteiger partial charge in [-0.3, -0.25) is 0 Å². The Labute approximate surface area is 101 Å². The summed E-state index contributed by atoms with van der Waals surface area (Å²) in [6.45, 7) is 0.708. The van der Waals surface area contributed by atoms with Crippen LogP contribution in [0.3, 0.4) is 0 Å². The van der Waals surface area contributed by atoms with E-state index in [1.54, 1.807) is 24.1 Å². The van der Waals surface area contributed by atoms with E-state index in [0.29, 0.717) is 18.7 Å². The van der Waals surface area contributed by atoms with E-state index in [9.17, 15) is 12.8 Å². The lowest BCUT2D eigenvalue weighted by molar-refractivity contribution is 0.340. The van der Waals surface area contributed by atoms with Gasteiger partial charge in [0.05, 0.1) is 11.4 Å². The lowest BCUT2D eigenvalue weighted by Gasteiger charge is -2.16. The van der Waals surface area contributed by atoms with Gasteiger partial charge in [0.15, 0.2) is 5.82 Å². The lowest BCUT2D eigenvalue weighted by atomic mass is 10.2. The number of hydrogen-bond acceptors (Lipinski definition) is 4. The van der Waals surface area contributed by atoms with E-state index in [2.05, 4.69) is 0 Å². The van der Waals surface area contributed by atoms with E-state index >= 15 is 0 Å². The van der Waals surface area contributed by atoms with Gasteiger partial charge in [-0.25, -0.2) is 12.8 Å². The van der Waals surface area contributed by atoms with Crippen molar-refractivity contribution in [1.29, 1.82) is 0 Å². The van der Waals surface area contributed by atoms with Crippen LogP contribution >= 0.6 is 0 Å². The van der Waals surface area contributed by atoms with Crippen molar-refractivity contribution in [2.45, 2.75) is 6.54 Å². The van der Waals surface area contributed by atoms with E-state index in [4.69, 9.17) is 5.73 Å². The maximum absolute atomic E-state index is 13.6. The molecule has 1 aromatic carbocycles. The molecular weight excluding hydrogens is 243 g/mol. The van der Waals surface area contributed by atoms with Gasteiger partial charge in [0.1, 0.15) is 9.84 Å². The van der Waals surface area contributed by atoms with Crippen molar-refractivity contribution in [2.75, 3.05) is 31.3 Å². The van der Waals surface area contributed by atoms with Gasteiger partial charge in [-0.2, -0.15) is 0 Å². The molecule has 0 spiro atoms. The number of halogens is 1. The minimum Gasteiger partial charge on any atom is -0.396 e. The Morgan fingerprint density at radius 3 is 2.65 bits per heavy atom. The van der Waals surface area contributed by atoms with Crippen molar-refractivity contribution in [3.63, 3.8) is 0 Å². The standard InChI is InChI=1S/C11H17FN2O2S/c1-14(6-7-17(2,15)16)8-9-4-3-5-10(13)11(9)12/h3-5H,6-8,13H2,1-2H3. The van der Waals surface area contributed by atoms with Crippen molar-refractivity contribution in [1.82, 2.24) is 4.90 Å². The van der Waals surface area contributed by atoms with Crippen molar-refractivity contribution in [3.8, 4) is 0 Å². The molecule has 0 aliphatic rings. The van der Waals surface area contributed by atoms with E-state index in [1.807, 2.05) is 0 Å². The van der Waals surface area contributed by atoms with E-state index in [1.165, 1.54) is 12.3 Å². The molecule has 0 saturated heterocycles. The van der Waals surface area contributed by atoms with Crippen LogP contribution in [0.25, 0.3) is 0 Å². The van der Waals surface area contributed by atoms with Gasteiger partial charge in [-0.15, -0.1) is 0 Å². The quantitative estimate of drug-likeness (QED) is 0.798. The van der Waals surface area contributed by atoms with E-state index in [-0.39, 0.29) is 11.4 Å². The largest absolute Gasteiger partial charge is 0.396 e. The molecule has 96 valence electrons. The summed E-state index contributed by atoms with van der Waals surface area (Å²) in [5.41, 5.74) is 6.03. The average Bonchev–Trinajstić information content (AvgIpc) is 2.21. The summed E-state index contributed by atoms with van der Waals surface area (Å²) in [5.74, 6) is -0.369. The zero-order valence-corrected chi connectivity index (χ0v) is 10.8. The number of nitrogens with two attached hydrogens (primary N) is 1. The highest BCUT2D eigenvalue weighted by Crippen LogP contribution is 2.15. The van der Waals surface area contributed by atoms with Gasteiger partial charge in [-0.1, -0.05) is 12.1 Å². The van der Waals surface area contributed by atoms with Crippen LogP contribution in [0.5, 0.6) is 0 Å². The monoisotopic (exact) mass is 260 g/mol. The predicted molar refractivity (Wildman–Crippen MR) is 66.9 cm³/mol. The Balaban J connectivity index is 2.62. The van der Waals surface area contributed by atoms with E-state index in [0.717, 1.165) is 0 Å². The van der Waals surface area contributed by atoms with Gasteiger partial charge >= 0.3 is 0 Å². The van der Waals surface area contributed by atoms with E-state index < -0.39 is 15.7 Å². The number of anilines is 1. The molecule has 1 aromatic rings. The van der Waals surface area contributed by atoms with Crippen LogP contribution in [0.4, 0.5) is 10.1 Å². The van der Waals surface area contributed by atoms with Crippen LogP contribution in [0, 0.1) is 5.82 Å². The van der Waals surface area contributed by atoms with Gasteiger partial charge in [-0.05, 0) is 13.1 Å². The molecule has 0 radical (unpaired) electrons. The fourth-order valence-corrected chi connectivity index (χ4v) is 2.06. The summed E-state index contributed by atoms with van der Waals surface area (Å²) in [5, 5.41) is 0. The first-order valence-electron chi connectivity index (χ1n) is 5.19. The van der Waals surface area contributed by atoms with Gasteiger partial charge in [0.25, 0.3) is 0 Å². The van der Waals surface area contributed by atoms with Gasteiger partial charge in [0, 0.05) is 24.9 Å². The Morgan fingerprint density at radius 2 is 2.06 bits per heavy atom. The smallest absolute Gasteiger partial charge is 0.150 e. The number of rotatable bonds is 5. The van der Waals surface area contributed by atoms with Crippen LogP contribution in [0.1, 0.15) is 5.56 Å². The third kappa shape index (κ3) is 4.70. The molecular formula is C11H17FN2O2S. The summed E-state index contributed by atoms with van der Waals surface area (Å²) < 4.78 is 35.5. The van der Waals surface area contributed by atoms with Crippen molar-refractivity contribution >= 4 is 15.5 Å². The molecule has 0 heterocycles. The Hall–Kier alpha value is -1.14. The molecule has 0 atom stereocenters. The minimum atomic E-state index is -2.99. The number of sulfone groups is 1. The maximum atomic E-state index is 13.6. The van der Waals surface area contributed by atoms with Gasteiger partial charge < -0.3 is 10.6 Å². The number of hydrogen-bond donors (Lipinski definition) is 1. The van der Waals surface area contributed by atoms with Crippen LogP contribution < -0.4 is 5.73 Å². The number of nitrogen functional groups attached to an aromatic ring is 1. The molecule has 2 N–H and O–H groups in total. The van der Waals surface area contributed by atoms with Gasteiger partial charge in [0.2, 0.25) is 0 Å². The third-order valence-corrected chi connectivity index (χ3v) is 3.32. The van der Waals surface area contributed by atoms with Crippen LogP contribution in [-0.4, -0.2) is 38.9 Å². The molecule has 17 heavy (non-hydrogen) atoms. The Bertz CT molecular complexity index is 488. The number of benzene rings is 1. The minimum absolute atomic E-state index is 0.0629. The topological polar surface area (TPSA) is 63.4 Å². The Morgan fingerprint density at radius 1 is 1.41 bits per heavy atom. The van der Waals surface area contributed by atoms with Crippen LogP contribution in [0.15, 0.2) is 18.2 Å². The Kier molecular flexibility index (Phi) is 4.47. The van der Waals surface area contributed by atoms with Crippen LogP contribution in [0.2, 0.25) is 0 Å². The highest BCUT2D eigenvalue weighted by Gasteiger charge is 2.10. The molecule has 0 saturated carbocycles. The SMILES string of the molecule is CN(CCS(C)(=O)=O)Cc1cccc(N)c1F. The fourth-order valence-electron chi connectivity index (χ4n) is 1.41. The first-order valence-corrected chi connectivity index (χ1v) is 7.25. The molecule has 0 fully saturated rings. The molecule has 4 nitrogen and oxygen atoms in total. The average molecular weight is 260 g/mol. The molecule has 0 bridgehead atoms. The predicted octanol–water partition coefficient (Wildman–Crippen LogP) is 0.884. The van der Waals surface area contributed by atoms with Crippen molar-refractivity contribution in [3.05, 3.63) is 29.6 Å². The summed E-state index contributed by atoms with van der Waals surface area (Å²) in [7, 11) is -1.25. The first kappa shape index (κ1) is 13.9. The zero-order valence-electron chi connectivity index (χ0n) is 9.98. The molecule has 0 aromatic heterocycles. The molecule has 0 aliphatic heterocycles. The van der Waals surface area contributed by atoms with Crippen molar-refractivity contribution < 1.29 is 12.8 Å². The third-order valence-electron chi connectivity index (χ3n) is 2.39.